The van der Waals surface area contributed by atoms with Gasteiger partial charge >= 0.3 is 0 Å². The van der Waals surface area contributed by atoms with E-state index in [0.29, 0.717) is 28.8 Å². The lowest BCUT2D eigenvalue weighted by Gasteiger charge is -2.33. The Morgan fingerprint density at radius 1 is 1.26 bits per heavy atom. The van der Waals surface area contributed by atoms with Crippen LogP contribution in [-0.4, -0.2) is 18.7 Å². The van der Waals surface area contributed by atoms with E-state index in [4.69, 9.17) is 21.3 Å². The fraction of sp³-hybridized carbons (Fsp3) is 0.310. The molecular weight excluding hydrogens is 476 g/mol. The number of rotatable bonds is 7. The average Bonchev–Trinajstić information content (AvgIpc) is 3.20. The Balaban J connectivity index is 1.67. The standard InChI is InChI=1S/C29H31ClN2O2S/c1-5-15-34-23-8-6-7-19(16-23)18-31-28-26(27(33)32-22-12-10-21(30)11-13-22)24-14-9-20(29(2,3)4)17-25(24)35-28/h5-8,10-13,16,18,20H,1,9,14-15,17H2,2-4H3,(H,32,33)/t20-/m0/s1. The van der Waals surface area contributed by atoms with Gasteiger partial charge < -0.3 is 10.1 Å². The van der Waals surface area contributed by atoms with Crippen molar-refractivity contribution in [2.45, 2.75) is 40.0 Å². The van der Waals surface area contributed by atoms with Crippen LogP contribution in [0.1, 0.15) is 53.6 Å². The van der Waals surface area contributed by atoms with Gasteiger partial charge in [-0.3, -0.25) is 4.79 Å². The van der Waals surface area contributed by atoms with Crippen LogP contribution in [0.15, 0.2) is 66.2 Å². The molecule has 1 aromatic heterocycles. The average molecular weight is 507 g/mol. The van der Waals surface area contributed by atoms with Crippen molar-refractivity contribution in [2.75, 3.05) is 11.9 Å². The van der Waals surface area contributed by atoms with E-state index in [-0.39, 0.29) is 11.3 Å². The summed E-state index contributed by atoms with van der Waals surface area (Å²) in [5.41, 5.74) is 3.67. The summed E-state index contributed by atoms with van der Waals surface area (Å²) in [6.07, 6.45) is 6.45. The molecule has 1 N–H and O–H groups in total. The summed E-state index contributed by atoms with van der Waals surface area (Å²) < 4.78 is 5.64. The highest BCUT2D eigenvalue weighted by atomic mass is 35.5. The summed E-state index contributed by atoms with van der Waals surface area (Å²) >= 11 is 7.65. The van der Waals surface area contributed by atoms with E-state index in [1.807, 2.05) is 36.4 Å². The van der Waals surface area contributed by atoms with E-state index < -0.39 is 0 Å². The van der Waals surface area contributed by atoms with Gasteiger partial charge in [-0.15, -0.1) is 11.3 Å². The van der Waals surface area contributed by atoms with Gasteiger partial charge in [-0.1, -0.05) is 57.2 Å². The van der Waals surface area contributed by atoms with E-state index in [1.54, 1.807) is 35.8 Å². The van der Waals surface area contributed by atoms with Crippen LogP contribution in [0.4, 0.5) is 10.7 Å². The van der Waals surface area contributed by atoms with Crippen LogP contribution in [-0.2, 0) is 12.8 Å². The highest BCUT2D eigenvalue weighted by Gasteiger charge is 2.33. The van der Waals surface area contributed by atoms with Crippen LogP contribution in [0.5, 0.6) is 5.75 Å². The van der Waals surface area contributed by atoms with Crippen molar-refractivity contribution < 1.29 is 9.53 Å². The summed E-state index contributed by atoms with van der Waals surface area (Å²) in [5, 5.41) is 4.42. The Morgan fingerprint density at radius 3 is 2.74 bits per heavy atom. The molecule has 1 amide bonds. The van der Waals surface area contributed by atoms with Crippen molar-refractivity contribution in [1.82, 2.24) is 0 Å². The molecule has 0 spiro atoms. The van der Waals surface area contributed by atoms with Gasteiger partial charge in [0, 0.05) is 21.8 Å². The molecule has 1 heterocycles. The highest BCUT2D eigenvalue weighted by molar-refractivity contribution is 7.16. The third-order valence-electron chi connectivity index (χ3n) is 6.36. The lowest BCUT2D eigenvalue weighted by molar-refractivity contribution is 0.102. The first-order valence-electron chi connectivity index (χ1n) is 11.8. The number of carbonyl (C=O) groups excluding carboxylic acids is 1. The fourth-order valence-electron chi connectivity index (χ4n) is 4.34. The minimum atomic E-state index is -0.130. The summed E-state index contributed by atoms with van der Waals surface area (Å²) in [6, 6.07) is 14.9. The number of fused-ring (bicyclic) bond motifs is 1. The first kappa shape index (κ1) is 25.2. The molecule has 0 aliphatic heterocycles. The Hall–Kier alpha value is -2.89. The Bertz CT molecular complexity index is 1240. The van der Waals surface area contributed by atoms with Crippen LogP contribution < -0.4 is 10.1 Å². The number of thiophene rings is 1. The maximum Gasteiger partial charge on any atom is 0.259 e. The predicted octanol–water partition coefficient (Wildman–Crippen LogP) is 8.12. The quantitative estimate of drug-likeness (QED) is 0.260. The molecule has 0 radical (unpaired) electrons. The number of aliphatic imine (C=N–C) groups is 1. The van der Waals surface area contributed by atoms with Crippen LogP contribution in [0.3, 0.4) is 0 Å². The summed E-state index contributed by atoms with van der Waals surface area (Å²) in [6.45, 7) is 11.0. The lowest BCUT2D eigenvalue weighted by Crippen LogP contribution is -2.27. The molecule has 0 unspecified atom stereocenters. The SMILES string of the molecule is C=CCOc1cccc(C=Nc2sc3c(c2C(=O)Nc2ccc(Cl)cc2)CC[C@H](C(C)(C)C)C3)c1. The van der Waals surface area contributed by atoms with E-state index >= 15 is 0 Å². The third kappa shape index (κ3) is 6.22. The summed E-state index contributed by atoms with van der Waals surface area (Å²) in [4.78, 5) is 19.5. The molecule has 35 heavy (non-hydrogen) atoms. The van der Waals surface area contributed by atoms with Gasteiger partial charge in [-0.25, -0.2) is 4.99 Å². The van der Waals surface area contributed by atoms with E-state index in [0.717, 1.165) is 41.1 Å². The first-order chi connectivity index (χ1) is 16.7. The number of ether oxygens (including phenoxy) is 1. The number of benzene rings is 2. The highest BCUT2D eigenvalue weighted by Crippen LogP contribution is 2.45. The molecule has 6 heteroatoms. The maximum atomic E-state index is 13.5. The topological polar surface area (TPSA) is 50.7 Å². The fourth-order valence-corrected chi connectivity index (χ4v) is 5.73. The minimum Gasteiger partial charge on any atom is -0.490 e. The van der Waals surface area contributed by atoms with Crippen LogP contribution in [0, 0.1) is 11.3 Å². The largest absolute Gasteiger partial charge is 0.490 e. The van der Waals surface area contributed by atoms with Gasteiger partial charge in [0.1, 0.15) is 17.4 Å². The van der Waals surface area contributed by atoms with Crippen molar-refractivity contribution in [3.8, 4) is 5.75 Å². The monoisotopic (exact) mass is 506 g/mol. The Labute approximate surface area is 216 Å². The summed E-state index contributed by atoms with van der Waals surface area (Å²) in [5.74, 6) is 1.21. The number of hydrogen-bond acceptors (Lipinski definition) is 4. The molecule has 182 valence electrons. The maximum absolute atomic E-state index is 13.5. The van der Waals surface area contributed by atoms with Crippen molar-refractivity contribution in [3.63, 3.8) is 0 Å². The zero-order valence-corrected chi connectivity index (χ0v) is 22.0. The van der Waals surface area contributed by atoms with Gasteiger partial charge in [-0.2, -0.15) is 0 Å². The smallest absolute Gasteiger partial charge is 0.259 e. The lowest BCUT2D eigenvalue weighted by atomic mass is 9.72. The molecule has 1 atom stereocenters. The molecule has 1 aliphatic carbocycles. The molecule has 1 aliphatic rings. The number of nitrogens with zero attached hydrogens (tertiary/aromatic N) is 1. The molecule has 3 aromatic rings. The first-order valence-corrected chi connectivity index (χ1v) is 13.0. The predicted molar refractivity (Wildman–Crippen MR) is 148 cm³/mol. The molecule has 0 saturated carbocycles. The molecule has 2 aromatic carbocycles. The second-order valence-electron chi connectivity index (χ2n) is 9.88. The van der Waals surface area contributed by atoms with Crippen molar-refractivity contribution in [3.05, 3.63) is 87.8 Å². The zero-order chi connectivity index (χ0) is 25.0. The third-order valence-corrected chi connectivity index (χ3v) is 7.77. The zero-order valence-electron chi connectivity index (χ0n) is 20.4. The van der Waals surface area contributed by atoms with E-state index in [1.165, 1.54) is 4.88 Å². The number of carbonyl (C=O) groups is 1. The second-order valence-corrected chi connectivity index (χ2v) is 11.4. The van der Waals surface area contributed by atoms with Gasteiger partial charge in [0.05, 0.1) is 5.56 Å². The minimum absolute atomic E-state index is 0.130. The number of anilines is 1. The molecule has 0 bridgehead atoms. The molecule has 0 fully saturated rings. The van der Waals surface area contributed by atoms with Crippen molar-refractivity contribution in [2.24, 2.45) is 16.3 Å². The van der Waals surface area contributed by atoms with Gasteiger partial charge in [0.25, 0.3) is 5.91 Å². The van der Waals surface area contributed by atoms with Gasteiger partial charge in [0.2, 0.25) is 0 Å². The number of amides is 1. The van der Waals surface area contributed by atoms with E-state index in [2.05, 4.69) is 32.7 Å². The number of nitrogens with one attached hydrogen (secondary N) is 1. The number of halogens is 1. The Morgan fingerprint density at radius 2 is 2.03 bits per heavy atom. The second kappa shape index (κ2) is 10.8. The molecular formula is C29H31ClN2O2S. The van der Waals surface area contributed by atoms with E-state index in [9.17, 15) is 4.79 Å². The number of hydrogen-bond donors (Lipinski definition) is 1. The normalized spacial score (nSPS) is 15.6. The van der Waals surface area contributed by atoms with Crippen molar-refractivity contribution in [1.29, 1.82) is 0 Å². The van der Waals surface area contributed by atoms with Gasteiger partial charge in [-0.05, 0) is 78.1 Å². The molecule has 4 rings (SSSR count). The summed E-state index contributed by atoms with van der Waals surface area (Å²) in [7, 11) is 0. The molecule has 4 nitrogen and oxygen atoms in total. The van der Waals surface area contributed by atoms with Crippen molar-refractivity contribution >= 4 is 45.7 Å². The van der Waals surface area contributed by atoms with Crippen LogP contribution in [0.2, 0.25) is 5.02 Å². The van der Waals surface area contributed by atoms with Crippen LogP contribution in [0.25, 0.3) is 0 Å². The molecule has 0 saturated heterocycles. The van der Waals surface area contributed by atoms with Crippen LogP contribution >= 0.6 is 22.9 Å². The van der Waals surface area contributed by atoms with Gasteiger partial charge in [0.15, 0.2) is 0 Å². The Kier molecular flexibility index (Phi) is 7.78.